The minimum atomic E-state index is 0.461. The first-order chi connectivity index (χ1) is 8.78. The third-order valence-electron chi connectivity index (χ3n) is 2.49. The maximum atomic E-state index is 5.63. The number of hydrogen-bond acceptors (Lipinski definition) is 4. The third-order valence-corrected chi connectivity index (χ3v) is 2.49. The molecule has 18 heavy (non-hydrogen) atoms. The minimum Gasteiger partial charge on any atom is -0.486 e. The molecule has 2 rings (SSSR count). The van der Waals surface area contributed by atoms with Crippen LogP contribution in [0.15, 0.2) is 36.5 Å². The zero-order valence-electron chi connectivity index (χ0n) is 10.7. The summed E-state index contributed by atoms with van der Waals surface area (Å²) in [5.41, 5.74) is 2.92. The standard InChI is InChI=1S/C14H17N3O/c1-11-6-7-14(9-16-11)18-10-13-5-3-4-12(17-13)8-15-2/h3-7,9,15H,8,10H2,1-2H3. The molecule has 4 nitrogen and oxygen atoms in total. The van der Waals surface area contributed by atoms with Gasteiger partial charge in [-0.3, -0.25) is 9.97 Å². The predicted octanol–water partition coefficient (Wildman–Crippen LogP) is 2.08. The van der Waals surface area contributed by atoms with Crippen LogP contribution >= 0.6 is 0 Å². The van der Waals surface area contributed by atoms with Crippen molar-refractivity contribution in [3.63, 3.8) is 0 Å². The summed E-state index contributed by atoms with van der Waals surface area (Å²) in [4.78, 5) is 8.67. The normalized spacial score (nSPS) is 10.3. The Morgan fingerprint density at radius 3 is 2.72 bits per heavy atom. The molecule has 0 bridgehead atoms. The van der Waals surface area contributed by atoms with Crippen molar-refractivity contribution in [2.45, 2.75) is 20.1 Å². The fraction of sp³-hybridized carbons (Fsp3) is 0.286. The minimum absolute atomic E-state index is 0.461. The topological polar surface area (TPSA) is 47.0 Å². The van der Waals surface area contributed by atoms with Gasteiger partial charge in [0.25, 0.3) is 0 Å². The van der Waals surface area contributed by atoms with Crippen LogP contribution < -0.4 is 10.1 Å². The van der Waals surface area contributed by atoms with Crippen molar-refractivity contribution in [2.24, 2.45) is 0 Å². The second-order valence-electron chi connectivity index (χ2n) is 4.07. The summed E-state index contributed by atoms with van der Waals surface area (Å²) < 4.78 is 5.63. The number of nitrogens with one attached hydrogen (secondary N) is 1. The lowest BCUT2D eigenvalue weighted by atomic mass is 10.3. The Balaban J connectivity index is 1.97. The number of rotatable bonds is 5. The molecule has 2 aromatic rings. The second-order valence-corrected chi connectivity index (χ2v) is 4.07. The van der Waals surface area contributed by atoms with Crippen LogP contribution in [-0.2, 0) is 13.2 Å². The molecule has 0 aliphatic rings. The van der Waals surface area contributed by atoms with E-state index in [0.717, 1.165) is 29.4 Å². The summed E-state index contributed by atoms with van der Waals surface area (Å²) in [5.74, 6) is 0.765. The summed E-state index contributed by atoms with van der Waals surface area (Å²) in [5, 5.41) is 3.08. The van der Waals surface area contributed by atoms with E-state index in [1.165, 1.54) is 0 Å². The summed E-state index contributed by atoms with van der Waals surface area (Å²) in [7, 11) is 1.91. The van der Waals surface area contributed by atoms with Crippen LogP contribution in [0, 0.1) is 6.92 Å². The third kappa shape index (κ3) is 3.53. The van der Waals surface area contributed by atoms with E-state index in [1.807, 2.05) is 44.3 Å². The molecule has 94 valence electrons. The van der Waals surface area contributed by atoms with E-state index in [-0.39, 0.29) is 0 Å². The lowest BCUT2D eigenvalue weighted by molar-refractivity contribution is 0.299. The van der Waals surface area contributed by atoms with Crippen LogP contribution in [0.5, 0.6) is 5.75 Å². The molecule has 0 aliphatic heterocycles. The molecular weight excluding hydrogens is 226 g/mol. The van der Waals surface area contributed by atoms with E-state index in [0.29, 0.717) is 6.61 Å². The van der Waals surface area contributed by atoms with Gasteiger partial charge in [0, 0.05) is 12.2 Å². The molecule has 0 saturated heterocycles. The molecule has 2 aromatic heterocycles. The first-order valence-corrected chi connectivity index (χ1v) is 5.93. The molecule has 2 heterocycles. The highest BCUT2D eigenvalue weighted by atomic mass is 16.5. The molecule has 0 amide bonds. The van der Waals surface area contributed by atoms with E-state index in [2.05, 4.69) is 15.3 Å². The molecule has 0 radical (unpaired) electrons. The van der Waals surface area contributed by atoms with E-state index in [4.69, 9.17) is 4.74 Å². The maximum Gasteiger partial charge on any atom is 0.138 e. The fourth-order valence-corrected chi connectivity index (χ4v) is 1.59. The van der Waals surface area contributed by atoms with Gasteiger partial charge in [0.1, 0.15) is 12.4 Å². The van der Waals surface area contributed by atoms with Crippen molar-refractivity contribution in [1.29, 1.82) is 0 Å². The molecule has 0 saturated carbocycles. The number of aryl methyl sites for hydroxylation is 1. The van der Waals surface area contributed by atoms with Crippen LogP contribution in [0.25, 0.3) is 0 Å². The molecule has 1 N–H and O–H groups in total. The van der Waals surface area contributed by atoms with E-state index in [1.54, 1.807) is 6.20 Å². The van der Waals surface area contributed by atoms with Crippen molar-refractivity contribution < 1.29 is 4.74 Å². The molecule has 0 atom stereocenters. The van der Waals surface area contributed by atoms with Gasteiger partial charge in [0.2, 0.25) is 0 Å². The molecule has 0 fully saturated rings. The number of nitrogens with zero attached hydrogens (tertiary/aromatic N) is 2. The lowest BCUT2D eigenvalue weighted by Gasteiger charge is -2.07. The second kappa shape index (κ2) is 6.12. The van der Waals surface area contributed by atoms with Crippen molar-refractivity contribution in [2.75, 3.05) is 7.05 Å². The van der Waals surface area contributed by atoms with Crippen molar-refractivity contribution in [3.8, 4) is 5.75 Å². The Hall–Kier alpha value is -1.94. The predicted molar refractivity (Wildman–Crippen MR) is 70.3 cm³/mol. The summed E-state index contributed by atoms with van der Waals surface area (Å²) in [6.45, 7) is 3.18. The highest BCUT2D eigenvalue weighted by molar-refractivity contribution is 5.19. The number of hydrogen-bond donors (Lipinski definition) is 1. The van der Waals surface area contributed by atoms with Crippen LogP contribution in [0.3, 0.4) is 0 Å². The Bertz CT molecular complexity index is 497. The lowest BCUT2D eigenvalue weighted by Crippen LogP contribution is -2.08. The largest absolute Gasteiger partial charge is 0.486 e. The van der Waals surface area contributed by atoms with Gasteiger partial charge in [-0.2, -0.15) is 0 Å². The van der Waals surface area contributed by atoms with E-state index < -0.39 is 0 Å². The SMILES string of the molecule is CNCc1cccc(COc2ccc(C)nc2)n1. The van der Waals surface area contributed by atoms with Crippen molar-refractivity contribution >= 4 is 0 Å². The van der Waals surface area contributed by atoms with Gasteiger partial charge in [-0.15, -0.1) is 0 Å². The van der Waals surface area contributed by atoms with Gasteiger partial charge in [0.15, 0.2) is 0 Å². The number of aromatic nitrogens is 2. The van der Waals surface area contributed by atoms with Gasteiger partial charge in [-0.1, -0.05) is 6.07 Å². The van der Waals surface area contributed by atoms with Crippen molar-refractivity contribution in [3.05, 3.63) is 53.6 Å². The van der Waals surface area contributed by atoms with Gasteiger partial charge in [-0.05, 0) is 38.2 Å². The number of pyridine rings is 2. The Morgan fingerprint density at radius 2 is 2.00 bits per heavy atom. The zero-order chi connectivity index (χ0) is 12.8. The highest BCUT2D eigenvalue weighted by Crippen LogP contribution is 2.11. The molecule has 0 aliphatic carbocycles. The van der Waals surface area contributed by atoms with Gasteiger partial charge in [-0.25, -0.2) is 0 Å². The van der Waals surface area contributed by atoms with E-state index >= 15 is 0 Å². The molecular formula is C14H17N3O. The average molecular weight is 243 g/mol. The van der Waals surface area contributed by atoms with Gasteiger partial charge < -0.3 is 10.1 Å². The van der Waals surface area contributed by atoms with E-state index in [9.17, 15) is 0 Å². The Labute approximate surface area is 107 Å². The fourth-order valence-electron chi connectivity index (χ4n) is 1.59. The summed E-state index contributed by atoms with van der Waals surface area (Å²) in [6.07, 6.45) is 1.73. The Kier molecular flexibility index (Phi) is 4.25. The average Bonchev–Trinajstić information content (AvgIpc) is 2.39. The smallest absolute Gasteiger partial charge is 0.138 e. The molecule has 0 spiro atoms. The van der Waals surface area contributed by atoms with Crippen LogP contribution in [0.1, 0.15) is 17.1 Å². The van der Waals surface area contributed by atoms with Gasteiger partial charge >= 0.3 is 0 Å². The highest BCUT2D eigenvalue weighted by Gasteiger charge is 1.99. The monoisotopic (exact) mass is 243 g/mol. The van der Waals surface area contributed by atoms with Gasteiger partial charge in [0.05, 0.1) is 17.6 Å². The molecule has 0 unspecified atom stereocenters. The first-order valence-electron chi connectivity index (χ1n) is 5.93. The Morgan fingerprint density at radius 1 is 1.17 bits per heavy atom. The van der Waals surface area contributed by atoms with Crippen LogP contribution in [-0.4, -0.2) is 17.0 Å². The number of ether oxygens (including phenoxy) is 1. The summed E-state index contributed by atoms with van der Waals surface area (Å²) in [6, 6.07) is 9.79. The van der Waals surface area contributed by atoms with Crippen molar-refractivity contribution in [1.82, 2.24) is 15.3 Å². The maximum absolute atomic E-state index is 5.63. The van der Waals surface area contributed by atoms with Crippen LogP contribution in [0.2, 0.25) is 0 Å². The van der Waals surface area contributed by atoms with Crippen LogP contribution in [0.4, 0.5) is 0 Å². The summed E-state index contributed by atoms with van der Waals surface area (Å²) >= 11 is 0. The first kappa shape index (κ1) is 12.5. The molecule has 4 heteroatoms. The quantitative estimate of drug-likeness (QED) is 0.873. The molecule has 0 aromatic carbocycles. The zero-order valence-corrected chi connectivity index (χ0v) is 10.7.